The molecule has 0 aliphatic carbocycles. The molecule has 0 fully saturated rings. The molecule has 4 heteroatoms. The van der Waals surface area contributed by atoms with Gasteiger partial charge in [0.25, 0.3) is 0 Å². The van der Waals surface area contributed by atoms with Crippen molar-refractivity contribution in [1.29, 1.82) is 21.2 Å². The van der Waals surface area contributed by atoms with Crippen molar-refractivity contribution >= 4 is 5.87 Å². The first-order chi connectivity index (χ1) is 6.28. The maximum atomic E-state index is 8.33. The molecule has 0 aliphatic rings. The van der Waals surface area contributed by atoms with E-state index in [1.165, 1.54) is 18.2 Å². The SMILES string of the molecule is N#CC(=C=N)C=CC=C(C#N)C#N. The third kappa shape index (κ3) is 3.96. The van der Waals surface area contributed by atoms with Gasteiger partial charge in [-0.2, -0.15) is 15.8 Å². The van der Waals surface area contributed by atoms with Gasteiger partial charge >= 0.3 is 0 Å². The lowest BCUT2D eigenvalue weighted by molar-refractivity contribution is 1.46. The van der Waals surface area contributed by atoms with E-state index in [1.807, 2.05) is 5.87 Å². The van der Waals surface area contributed by atoms with Crippen LogP contribution in [-0.2, 0) is 0 Å². The molecule has 0 atom stereocenters. The van der Waals surface area contributed by atoms with Crippen LogP contribution < -0.4 is 0 Å². The lowest BCUT2D eigenvalue weighted by Crippen LogP contribution is -1.71. The molecule has 13 heavy (non-hydrogen) atoms. The first-order valence-corrected chi connectivity index (χ1v) is 3.16. The Labute approximate surface area is 75.5 Å². The maximum absolute atomic E-state index is 8.33. The van der Waals surface area contributed by atoms with E-state index in [-0.39, 0.29) is 11.1 Å². The van der Waals surface area contributed by atoms with E-state index in [0.29, 0.717) is 0 Å². The Kier molecular flexibility index (Phi) is 4.91. The third-order valence-electron chi connectivity index (χ3n) is 1.02. The van der Waals surface area contributed by atoms with E-state index in [0.717, 1.165) is 0 Å². The standard InChI is InChI=1S/C9H4N4/c10-4-8(5-11)2-1-3-9(6-12)7-13/h1-3,10H. The number of nitrogens with zero attached hydrogens (tertiary/aromatic N) is 3. The molecule has 0 bridgehead atoms. The summed E-state index contributed by atoms with van der Waals surface area (Å²) in [4.78, 5) is 0. The van der Waals surface area contributed by atoms with E-state index >= 15 is 0 Å². The highest BCUT2D eigenvalue weighted by molar-refractivity contribution is 5.65. The molecule has 4 nitrogen and oxygen atoms in total. The molecule has 0 unspecified atom stereocenters. The van der Waals surface area contributed by atoms with Gasteiger partial charge in [-0.25, -0.2) is 0 Å². The molecule has 0 heterocycles. The monoisotopic (exact) mass is 168 g/mol. The van der Waals surface area contributed by atoms with E-state index in [2.05, 4.69) is 0 Å². The van der Waals surface area contributed by atoms with Gasteiger partial charge in [0.05, 0.1) is 0 Å². The van der Waals surface area contributed by atoms with Gasteiger partial charge < -0.3 is 0 Å². The molecule has 0 aromatic rings. The second-order valence-corrected chi connectivity index (χ2v) is 1.81. The minimum atomic E-state index is -0.0569. The highest BCUT2D eigenvalue weighted by Gasteiger charge is 1.87. The van der Waals surface area contributed by atoms with Crippen LogP contribution >= 0.6 is 0 Å². The van der Waals surface area contributed by atoms with Crippen molar-refractivity contribution < 1.29 is 0 Å². The number of rotatable bonds is 2. The van der Waals surface area contributed by atoms with Crippen LogP contribution in [0.5, 0.6) is 0 Å². The van der Waals surface area contributed by atoms with Gasteiger partial charge in [-0.05, 0) is 18.0 Å². The van der Waals surface area contributed by atoms with Gasteiger partial charge in [0.2, 0.25) is 0 Å². The second kappa shape index (κ2) is 6.13. The molecule has 60 valence electrons. The first-order valence-electron chi connectivity index (χ1n) is 3.16. The van der Waals surface area contributed by atoms with Gasteiger partial charge in [0, 0.05) is 0 Å². The molecule has 0 rings (SSSR count). The van der Waals surface area contributed by atoms with E-state index in [9.17, 15) is 0 Å². The number of nitrogens with one attached hydrogen (secondary N) is 1. The minimum Gasteiger partial charge on any atom is -0.258 e. The Morgan fingerprint density at radius 2 is 1.69 bits per heavy atom. The van der Waals surface area contributed by atoms with Crippen LogP contribution in [0.2, 0.25) is 0 Å². The molecule has 0 aliphatic heterocycles. The average Bonchev–Trinajstić information content (AvgIpc) is 2.19. The highest BCUT2D eigenvalue weighted by Crippen LogP contribution is 1.93. The lowest BCUT2D eigenvalue weighted by Gasteiger charge is -1.77. The fraction of sp³-hybridized carbons (Fsp3) is 0. The number of hydrogen-bond donors (Lipinski definition) is 1. The fourth-order valence-electron chi connectivity index (χ4n) is 0.447. The summed E-state index contributed by atoms with van der Waals surface area (Å²) in [6.45, 7) is 0. The maximum Gasteiger partial charge on any atom is 0.129 e. The molecular formula is C9H4N4. The van der Waals surface area contributed by atoms with Gasteiger partial charge in [-0.1, -0.05) is 6.08 Å². The quantitative estimate of drug-likeness (QED) is 0.381. The second-order valence-electron chi connectivity index (χ2n) is 1.81. The Hall–Kier alpha value is -2.60. The van der Waals surface area contributed by atoms with Crippen LogP contribution in [0.1, 0.15) is 0 Å². The van der Waals surface area contributed by atoms with Crippen LogP contribution in [0.4, 0.5) is 0 Å². The van der Waals surface area contributed by atoms with Gasteiger partial charge in [-0.15, -0.1) is 0 Å². The molecule has 1 N–H and O–H groups in total. The minimum absolute atomic E-state index is 0.0338. The Morgan fingerprint density at radius 3 is 2.08 bits per heavy atom. The third-order valence-corrected chi connectivity index (χ3v) is 1.02. The van der Waals surface area contributed by atoms with E-state index < -0.39 is 0 Å². The molecule has 0 spiro atoms. The fourth-order valence-corrected chi connectivity index (χ4v) is 0.447. The average molecular weight is 168 g/mol. The van der Waals surface area contributed by atoms with Crippen molar-refractivity contribution in [2.75, 3.05) is 0 Å². The number of hydrogen-bond acceptors (Lipinski definition) is 4. The van der Waals surface area contributed by atoms with Crippen molar-refractivity contribution in [3.8, 4) is 18.2 Å². The summed E-state index contributed by atoms with van der Waals surface area (Å²) in [6.07, 6.45) is 3.90. The molecule has 0 aromatic heterocycles. The lowest BCUT2D eigenvalue weighted by atomic mass is 10.2. The van der Waals surface area contributed by atoms with Crippen LogP contribution in [0.25, 0.3) is 0 Å². The predicted molar refractivity (Wildman–Crippen MR) is 45.3 cm³/mol. The summed E-state index contributed by atoms with van der Waals surface area (Å²) in [5.74, 6) is 1.89. The molecule has 0 aromatic carbocycles. The van der Waals surface area contributed by atoms with Gasteiger partial charge in [0.1, 0.15) is 29.4 Å². The number of nitriles is 3. The van der Waals surface area contributed by atoms with Crippen molar-refractivity contribution in [2.24, 2.45) is 0 Å². The Balaban J connectivity index is 4.62. The smallest absolute Gasteiger partial charge is 0.129 e. The van der Waals surface area contributed by atoms with Gasteiger partial charge in [-0.3, -0.25) is 5.41 Å². The normalized spacial score (nSPS) is 7.46. The van der Waals surface area contributed by atoms with Crippen molar-refractivity contribution in [2.45, 2.75) is 0 Å². The van der Waals surface area contributed by atoms with E-state index in [1.54, 1.807) is 18.2 Å². The summed E-state index contributed by atoms with van der Waals surface area (Å²) in [5, 5.41) is 31.6. The topological polar surface area (TPSA) is 95.2 Å². The van der Waals surface area contributed by atoms with Crippen LogP contribution in [0.15, 0.2) is 29.4 Å². The van der Waals surface area contributed by atoms with Crippen molar-refractivity contribution in [1.82, 2.24) is 0 Å². The molecule has 0 saturated carbocycles. The van der Waals surface area contributed by atoms with Crippen molar-refractivity contribution in [3.63, 3.8) is 0 Å². The van der Waals surface area contributed by atoms with Crippen LogP contribution in [-0.4, -0.2) is 5.87 Å². The Morgan fingerprint density at radius 1 is 1.08 bits per heavy atom. The largest absolute Gasteiger partial charge is 0.258 e. The van der Waals surface area contributed by atoms with Crippen molar-refractivity contribution in [3.05, 3.63) is 29.4 Å². The summed E-state index contributed by atoms with van der Waals surface area (Å²) >= 11 is 0. The molecule has 0 radical (unpaired) electrons. The van der Waals surface area contributed by atoms with Crippen LogP contribution in [0.3, 0.4) is 0 Å². The zero-order valence-corrected chi connectivity index (χ0v) is 6.57. The van der Waals surface area contributed by atoms with Gasteiger partial charge in [0.15, 0.2) is 0 Å². The zero-order chi connectivity index (χ0) is 10.1. The molecular weight excluding hydrogens is 164 g/mol. The van der Waals surface area contributed by atoms with E-state index in [4.69, 9.17) is 21.2 Å². The molecule has 0 saturated heterocycles. The first kappa shape index (κ1) is 10.4. The zero-order valence-electron chi connectivity index (χ0n) is 6.57. The number of allylic oxidation sites excluding steroid dienone is 5. The molecule has 0 amide bonds. The highest BCUT2D eigenvalue weighted by atomic mass is 14.3. The summed E-state index contributed by atoms with van der Waals surface area (Å²) in [6, 6.07) is 5.00. The van der Waals surface area contributed by atoms with Crippen LogP contribution in [0, 0.1) is 39.4 Å². The Bertz CT molecular complexity index is 398. The summed E-state index contributed by atoms with van der Waals surface area (Å²) in [5.41, 5.74) is -0.0231. The summed E-state index contributed by atoms with van der Waals surface area (Å²) < 4.78 is 0. The summed E-state index contributed by atoms with van der Waals surface area (Å²) in [7, 11) is 0. The predicted octanol–water partition coefficient (Wildman–Crippen LogP) is 1.21.